The predicted octanol–water partition coefficient (Wildman–Crippen LogP) is 3.53. The quantitative estimate of drug-likeness (QED) is 0.809. The minimum atomic E-state index is -0.237. The van der Waals surface area contributed by atoms with Gasteiger partial charge in [-0.1, -0.05) is 22.0 Å². The molecular formula is C13H15BrFN3. The van der Waals surface area contributed by atoms with Crippen LogP contribution in [0.25, 0.3) is 0 Å². The summed E-state index contributed by atoms with van der Waals surface area (Å²) in [4.78, 5) is 1.94. The average molecular weight is 312 g/mol. The SMILES string of the molecule is Cc1nn(C)c(N(C)c2cccc(F)c2)c1CBr. The summed E-state index contributed by atoms with van der Waals surface area (Å²) in [5.41, 5.74) is 2.90. The van der Waals surface area contributed by atoms with Crippen LogP contribution in [0.2, 0.25) is 0 Å². The van der Waals surface area contributed by atoms with Gasteiger partial charge in [0, 0.05) is 30.7 Å². The van der Waals surface area contributed by atoms with Crippen LogP contribution in [0.5, 0.6) is 0 Å². The zero-order chi connectivity index (χ0) is 13.3. The third-order valence-electron chi connectivity index (χ3n) is 2.96. The van der Waals surface area contributed by atoms with Crippen molar-refractivity contribution in [3.05, 3.63) is 41.3 Å². The lowest BCUT2D eigenvalue weighted by Crippen LogP contribution is -2.15. The Kier molecular flexibility index (Phi) is 3.71. The second kappa shape index (κ2) is 5.10. The zero-order valence-corrected chi connectivity index (χ0v) is 12.2. The Morgan fingerprint density at radius 2 is 2.17 bits per heavy atom. The summed E-state index contributed by atoms with van der Waals surface area (Å²) in [5.74, 6) is 0.730. The van der Waals surface area contributed by atoms with Gasteiger partial charge in [-0.05, 0) is 25.1 Å². The largest absolute Gasteiger partial charge is 0.329 e. The minimum Gasteiger partial charge on any atom is -0.329 e. The lowest BCUT2D eigenvalue weighted by Gasteiger charge is -2.20. The van der Waals surface area contributed by atoms with E-state index in [9.17, 15) is 4.39 Å². The summed E-state index contributed by atoms with van der Waals surface area (Å²) in [7, 11) is 3.81. The van der Waals surface area contributed by atoms with Crippen molar-refractivity contribution < 1.29 is 4.39 Å². The molecule has 1 heterocycles. The summed E-state index contributed by atoms with van der Waals surface area (Å²) in [5, 5.41) is 5.13. The maximum Gasteiger partial charge on any atom is 0.135 e. The highest BCUT2D eigenvalue weighted by atomic mass is 79.9. The maximum atomic E-state index is 13.3. The van der Waals surface area contributed by atoms with Gasteiger partial charge in [-0.3, -0.25) is 4.68 Å². The Morgan fingerprint density at radius 1 is 1.44 bits per heavy atom. The highest BCUT2D eigenvalue weighted by molar-refractivity contribution is 9.08. The van der Waals surface area contributed by atoms with Crippen molar-refractivity contribution in [1.29, 1.82) is 0 Å². The zero-order valence-electron chi connectivity index (χ0n) is 10.6. The standard InChI is InChI=1S/C13H15BrFN3/c1-9-12(8-14)13(18(3)16-9)17(2)11-6-4-5-10(15)7-11/h4-7H,8H2,1-3H3. The molecule has 0 saturated carbocycles. The molecule has 0 saturated heterocycles. The van der Waals surface area contributed by atoms with Gasteiger partial charge in [-0.15, -0.1) is 0 Å². The monoisotopic (exact) mass is 311 g/mol. The first-order valence-corrected chi connectivity index (χ1v) is 6.74. The first-order valence-electron chi connectivity index (χ1n) is 5.62. The number of rotatable bonds is 3. The van der Waals surface area contributed by atoms with E-state index in [0.717, 1.165) is 28.1 Å². The lowest BCUT2D eigenvalue weighted by molar-refractivity contribution is 0.627. The molecular weight excluding hydrogens is 297 g/mol. The number of hydrogen-bond acceptors (Lipinski definition) is 2. The number of nitrogens with zero attached hydrogens (tertiary/aromatic N) is 3. The van der Waals surface area contributed by atoms with Crippen molar-refractivity contribution in [2.45, 2.75) is 12.3 Å². The summed E-state index contributed by atoms with van der Waals surface area (Å²) in [6.45, 7) is 1.97. The molecule has 0 aliphatic carbocycles. The van der Waals surface area contributed by atoms with Gasteiger partial charge in [0.2, 0.25) is 0 Å². The number of aromatic nitrogens is 2. The number of aryl methyl sites for hydroxylation is 2. The molecule has 0 radical (unpaired) electrons. The number of halogens is 2. The fourth-order valence-corrected chi connectivity index (χ4v) is 2.73. The van der Waals surface area contributed by atoms with E-state index < -0.39 is 0 Å². The topological polar surface area (TPSA) is 21.1 Å². The van der Waals surface area contributed by atoms with Crippen LogP contribution in [-0.4, -0.2) is 16.8 Å². The van der Waals surface area contributed by atoms with Crippen molar-refractivity contribution in [3.63, 3.8) is 0 Å². The molecule has 0 spiro atoms. The van der Waals surface area contributed by atoms with Crippen LogP contribution < -0.4 is 4.90 Å². The van der Waals surface area contributed by atoms with Gasteiger partial charge in [-0.2, -0.15) is 5.10 Å². The fourth-order valence-electron chi connectivity index (χ4n) is 2.07. The van der Waals surface area contributed by atoms with Crippen LogP contribution >= 0.6 is 15.9 Å². The molecule has 2 aromatic rings. The third-order valence-corrected chi connectivity index (χ3v) is 3.52. The van der Waals surface area contributed by atoms with Gasteiger partial charge in [-0.25, -0.2) is 4.39 Å². The van der Waals surface area contributed by atoms with Gasteiger partial charge in [0.1, 0.15) is 11.6 Å². The summed E-state index contributed by atoms with van der Waals surface area (Å²) in [6.07, 6.45) is 0. The molecule has 0 aliphatic heterocycles. The van der Waals surface area contributed by atoms with Gasteiger partial charge >= 0.3 is 0 Å². The van der Waals surface area contributed by atoms with Crippen LogP contribution in [-0.2, 0) is 12.4 Å². The van der Waals surface area contributed by atoms with Crippen molar-refractivity contribution >= 4 is 27.4 Å². The molecule has 3 nitrogen and oxygen atoms in total. The molecule has 1 aromatic heterocycles. The summed E-state index contributed by atoms with van der Waals surface area (Å²) in [6, 6.07) is 6.54. The maximum absolute atomic E-state index is 13.3. The number of anilines is 2. The van der Waals surface area contributed by atoms with Gasteiger partial charge in [0.05, 0.1) is 5.69 Å². The van der Waals surface area contributed by atoms with Crippen LogP contribution in [0, 0.1) is 12.7 Å². The van der Waals surface area contributed by atoms with Crippen LogP contribution in [0.4, 0.5) is 15.9 Å². The minimum absolute atomic E-state index is 0.237. The second-order valence-electron chi connectivity index (χ2n) is 4.18. The normalized spacial score (nSPS) is 10.7. The average Bonchev–Trinajstić information content (AvgIpc) is 2.62. The van der Waals surface area contributed by atoms with E-state index in [1.807, 2.05) is 36.7 Å². The third kappa shape index (κ3) is 2.27. The highest BCUT2D eigenvalue weighted by Gasteiger charge is 2.17. The Bertz CT molecular complexity index is 565. The van der Waals surface area contributed by atoms with Crippen molar-refractivity contribution in [2.75, 3.05) is 11.9 Å². The smallest absolute Gasteiger partial charge is 0.135 e. The van der Waals surface area contributed by atoms with E-state index in [4.69, 9.17) is 0 Å². The predicted molar refractivity (Wildman–Crippen MR) is 75.0 cm³/mol. The molecule has 0 fully saturated rings. The van der Waals surface area contributed by atoms with Crippen LogP contribution in [0.15, 0.2) is 24.3 Å². The van der Waals surface area contributed by atoms with Gasteiger partial charge in [0.15, 0.2) is 0 Å². The molecule has 0 unspecified atom stereocenters. The molecule has 0 atom stereocenters. The molecule has 96 valence electrons. The first-order chi connectivity index (χ1) is 8.54. The van der Waals surface area contributed by atoms with Crippen LogP contribution in [0.3, 0.4) is 0 Å². The summed E-state index contributed by atoms with van der Waals surface area (Å²) < 4.78 is 15.1. The molecule has 0 amide bonds. The molecule has 0 aliphatic rings. The van der Waals surface area contributed by atoms with E-state index in [0.29, 0.717) is 0 Å². The second-order valence-corrected chi connectivity index (χ2v) is 4.74. The lowest BCUT2D eigenvalue weighted by atomic mass is 10.2. The number of benzene rings is 1. The fraction of sp³-hybridized carbons (Fsp3) is 0.308. The highest BCUT2D eigenvalue weighted by Crippen LogP contribution is 2.30. The van der Waals surface area contributed by atoms with Crippen LogP contribution in [0.1, 0.15) is 11.3 Å². The Balaban J connectivity index is 2.48. The van der Waals surface area contributed by atoms with Gasteiger partial charge in [0.25, 0.3) is 0 Å². The molecule has 2 rings (SSSR count). The van der Waals surface area contributed by atoms with Crippen molar-refractivity contribution in [2.24, 2.45) is 7.05 Å². The van der Waals surface area contributed by atoms with Gasteiger partial charge < -0.3 is 4.90 Å². The van der Waals surface area contributed by atoms with E-state index in [1.54, 1.807) is 6.07 Å². The Labute approximate surface area is 114 Å². The number of hydrogen-bond donors (Lipinski definition) is 0. The Hall–Kier alpha value is -1.36. The number of alkyl halides is 1. The van der Waals surface area contributed by atoms with Crippen molar-refractivity contribution in [3.8, 4) is 0 Å². The van der Waals surface area contributed by atoms with E-state index in [2.05, 4.69) is 21.0 Å². The van der Waals surface area contributed by atoms with Crippen molar-refractivity contribution in [1.82, 2.24) is 9.78 Å². The van der Waals surface area contributed by atoms with E-state index in [-0.39, 0.29) is 5.82 Å². The Morgan fingerprint density at radius 3 is 2.78 bits per heavy atom. The molecule has 5 heteroatoms. The molecule has 0 N–H and O–H groups in total. The van der Waals surface area contributed by atoms with E-state index >= 15 is 0 Å². The van der Waals surface area contributed by atoms with E-state index in [1.165, 1.54) is 12.1 Å². The molecule has 0 bridgehead atoms. The first kappa shape index (κ1) is 13.1. The summed E-state index contributed by atoms with van der Waals surface area (Å²) >= 11 is 3.47. The molecule has 1 aromatic carbocycles. The molecule has 18 heavy (non-hydrogen) atoms.